The Morgan fingerprint density at radius 1 is 1.23 bits per heavy atom. The maximum absolute atomic E-state index is 12.4. The molecule has 138 valence electrons. The quantitative estimate of drug-likeness (QED) is 0.803. The molecule has 0 spiro atoms. The Kier molecular flexibility index (Phi) is 5.78. The van der Waals surface area contributed by atoms with E-state index in [4.69, 9.17) is 4.74 Å². The minimum atomic E-state index is -0.0615. The SMILES string of the molecule is CN(C)C(CCC(=O)NC1COc2ccccc21)Cc1ccc(O)cc1. The van der Waals surface area contributed by atoms with Gasteiger partial charge in [0.15, 0.2) is 0 Å². The predicted molar refractivity (Wildman–Crippen MR) is 101 cm³/mol. The lowest BCUT2D eigenvalue weighted by Crippen LogP contribution is -2.34. The molecule has 0 aromatic heterocycles. The Balaban J connectivity index is 1.52. The van der Waals surface area contributed by atoms with Gasteiger partial charge < -0.3 is 20.1 Å². The molecular weight excluding hydrogens is 328 g/mol. The molecule has 2 N–H and O–H groups in total. The molecule has 1 heterocycles. The number of amides is 1. The van der Waals surface area contributed by atoms with E-state index in [2.05, 4.69) is 10.2 Å². The topological polar surface area (TPSA) is 61.8 Å². The van der Waals surface area contributed by atoms with E-state index in [9.17, 15) is 9.90 Å². The summed E-state index contributed by atoms with van der Waals surface area (Å²) in [5, 5.41) is 12.5. The lowest BCUT2D eigenvalue weighted by atomic mass is 10.0. The smallest absolute Gasteiger partial charge is 0.220 e. The highest BCUT2D eigenvalue weighted by atomic mass is 16.5. The molecule has 0 saturated carbocycles. The fraction of sp³-hybridized carbons (Fsp3) is 0.381. The van der Waals surface area contributed by atoms with Crippen molar-refractivity contribution in [2.24, 2.45) is 0 Å². The van der Waals surface area contributed by atoms with Crippen LogP contribution in [0.1, 0.15) is 30.0 Å². The third-order valence-corrected chi connectivity index (χ3v) is 4.88. The lowest BCUT2D eigenvalue weighted by molar-refractivity contribution is -0.122. The first-order valence-electron chi connectivity index (χ1n) is 8.98. The molecule has 2 atom stereocenters. The summed E-state index contributed by atoms with van der Waals surface area (Å²) in [7, 11) is 4.06. The van der Waals surface area contributed by atoms with Crippen molar-refractivity contribution >= 4 is 5.91 Å². The number of hydrogen-bond donors (Lipinski definition) is 2. The van der Waals surface area contributed by atoms with E-state index in [1.54, 1.807) is 12.1 Å². The van der Waals surface area contributed by atoms with Gasteiger partial charge in [0, 0.05) is 18.0 Å². The molecule has 0 radical (unpaired) electrons. The molecule has 2 aromatic rings. The van der Waals surface area contributed by atoms with Crippen LogP contribution in [0.15, 0.2) is 48.5 Å². The van der Waals surface area contributed by atoms with E-state index in [0.717, 1.165) is 29.7 Å². The molecule has 1 aliphatic rings. The first kappa shape index (κ1) is 18.3. The van der Waals surface area contributed by atoms with E-state index in [1.165, 1.54) is 0 Å². The van der Waals surface area contributed by atoms with Crippen LogP contribution < -0.4 is 10.1 Å². The lowest BCUT2D eigenvalue weighted by Gasteiger charge is -2.24. The molecule has 0 aliphatic carbocycles. The molecule has 3 rings (SSSR count). The summed E-state index contributed by atoms with van der Waals surface area (Å²) in [6.07, 6.45) is 2.09. The van der Waals surface area contributed by atoms with Gasteiger partial charge in [-0.05, 0) is 50.7 Å². The summed E-state index contributed by atoms with van der Waals surface area (Å²) < 4.78 is 5.62. The number of nitrogens with one attached hydrogen (secondary N) is 1. The molecule has 1 aliphatic heterocycles. The van der Waals surface area contributed by atoms with Gasteiger partial charge in [-0.15, -0.1) is 0 Å². The number of hydrogen-bond acceptors (Lipinski definition) is 4. The molecule has 0 fully saturated rings. The molecule has 0 bridgehead atoms. The number of carbonyl (C=O) groups excluding carboxylic acids is 1. The molecule has 0 saturated heterocycles. The monoisotopic (exact) mass is 354 g/mol. The van der Waals surface area contributed by atoms with Crippen LogP contribution in [-0.4, -0.2) is 42.7 Å². The second-order valence-corrected chi connectivity index (χ2v) is 7.00. The Bertz CT molecular complexity index is 743. The number of carbonyl (C=O) groups is 1. The van der Waals surface area contributed by atoms with E-state index >= 15 is 0 Å². The third kappa shape index (κ3) is 4.55. The van der Waals surface area contributed by atoms with Crippen molar-refractivity contribution in [2.45, 2.75) is 31.3 Å². The number of rotatable bonds is 7. The number of likely N-dealkylation sites (N-methyl/N-ethyl adjacent to an activating group) is 1. The van der Waals surface area contributed by atoms with Crippen molar-refractivity contribution < 1.29 is 14.6 Å². The van der Waals surface area contributed by atoms with Gasteiger partial charge in [-0.2, -0.15) is 0 Å². The molecule has 1 amide bonds. The number of fused-ring (bicyclic) bond motifs is 1. The van der Waals surface area contributed by atoms with Gasteiger partial charge in [-0.1, -0.05) is 30.3 Å². The van der Waals surface area contributed by atoms with E-state index in [1.807, 2.05) is 50.5 Å². The minimum absolute atomic E-state index is 0.0489. The van der Waals surface area contributed by atoms with Crippen molar-refractivity contribution in [3.8, 4) is 11.5 Å². The first-order chi connectivity index (χ1) is 12.5. The zero-order valence-electron chi connectivity index (χ0n) is 15.3. The summed E-state index contributed by atoms with van der Waals surface area (Å²) in [6.45, 7) is 0.496. The highest BCUT2D eigenvalue weighted by Crippen LogP contribution is 2.31. The number of para-hydroxylation sites is 1. The van der Waals surface area contributed by atoms with Crippen LogP contribution >= 0.6 is 0 Å². The van der Waals surface area contributed by atoms with E-state index in [0.29, 0.717) is 13.0 Å². The van der Waals surface area contributed by atoms with Crippen molar-refractivity contribution in [3.05, 3.63) is 59.7 Å². The maximum Gasteiger partial charge on any atom is 0.220 e. The normalized spacial score (nSPS) is 16.8. The van der Waals surface area contributed by atoms with Gasteiger partial charge in [0.05, 0.1) is 6.04 Å². The zero-order valence-corrected chi connectivity index (χ0v) is 15.3. The molecular formula is C21H26N2O3. The van der Waals surface area contributed by atoms with Crippen molar-refractivity contribution in [3.63, 3.8) is 0 Å². The second-order valence-electron chi connectivity index (χ2n) is 7.00. The summed E-state index contributed by atoms with van der Waals surface area (Å²) in [6, 6.07) is 15.3. The number of benzene rings is 2. The summed E-state index contributed by atoms with van der Waals surface area (Å²) in [5.74, 6) is 1.18. The van der Waals surface area contributed by atoms with E-state index < -0.39 is 0 Å². The minimum Gasteiger partial charge on any atom is -0.508 e. The molecule has 5 nitrogen and oxygen atoms in total. The van der Waals surface area contributed by atoms with Crippen LogP contribution in [0.3, 0.4) is 0 Å². The second kappa shape index (κ2) is 8.23. The number of aromatic hydroxyl groups is 1. The van der Waals surface area contributed by atoms with Crippen molar-refractivity contribution in [2.75, 3.05) is 20.7 Å². The number of nitrogens with zero attached hydrogens (tertiary/aromatic N) is 1. The van der Waals surface area contributed by atoms with Gasteiger partial charge >= 0.3 is 0 Å². The van der Waals surface area contributed by atoms with Crippen LogP contribution in [0, 0.1) is 0 Å². The van der Waals surface area contributed by atoms with Crippen LogP contribution in [0.5, 0.6) is 11.5 Å². The van der Waals surface area contributed by atoms with Crippen LogP contribution in [-0.2, 0) is 11.2 Å². The van der Waals surface area contributed by atoms with Gasteiger partial charge in [-0.3, -0.25) is 4.79 Å². The Morgan fingerprint density at radius 3 is 2.69 bits per heavy atom. The zero-order chi connectivity index (χ0) is 18.5. The average Bonchev–Trinajstić information content (AvgIpc) is 3.03. The Morgan fingerprint density at radius 2 is 1.96 bits per heavy atom. The van der Waals surface area contributed by atoms with Gasteiger partial charge in [0.2, 0.25) is 5.91 Å². The Labute approximate surface area is 154 Å². The molecule has 26 heavy (non-hydrogen) atoms. The Hall–Kier alpha value is -2.53. The van der Waals surface area contributed by atoms with Crippen LogP contribution in [0.25, 0.3) is 0 Å². The number of phenolic OH excluding ortho intramolecular Hbond substituents is 1. The van der Waals surface area contributed by atoms with E-state index in [-0.39, 0.29) is 23.7 Å². The number of ether oxygens (including phenoxy) is 1. The predicted octanol–water partition coefficient (Wildman–Crippen LogP) is 2.90. The maximum atomic E-state index is 12.4. The van der Waals surface area contributed by atoms with Gasteiger partial charge in [0.25, 0.3) is 0 Å². The third-order valence-electron chi connectivity index (χ3n) is 4.88. The molecule has 2 aromatic carbocycles. The van der Waals surface area contributed by atoms with Gasteiger partial charge in [0.1, 0.15) is 18.1 Å². The van der Waals surface area contributed by atoms with Gasteiger partial charge in [-0.25, -0.2) is 0 Å². The summed E-state index contributed by atoms with van der Waals surface area (Å²) in [5.41, 5.74) is 2.20. The molecule has 5 heteroatoms. The highest BCUT2D eigenvalue weighted by Gasteiger charge is 2.25. The number of phenols is 1. The first-order valence-corrected chi connectivity index (χ1v) is 8.98. The van der Waals surface area contributed by atoms with Crippen molar-refractivity contribution in [1.29, 1.82) is 0 Å². The van der Waals surface area contributed by atoms with Crippen LogP contribution in [0.2, 0.25) is 0 Å². The highest BCUT2D eigenvalue weighted by molar-refractivity contribution is 5.76. The largest absolute Gasteiger partial charge is 0.508 e. The fourth-order valence-electron chi connectivity index (χ4n) is 3.29. The summed E-state index contributed by atoms with van der Waals surface area (Å²) >= 11 is 0. The summed E-state index contributed by atoms with van der Waals surface area (Å²) in [4.78, 5) is 14.6. The average molecular weight is 354 g/mol. The fourth-order valence-corrected chi connectivity index (χ4v) is 3.29. The standard InChI is InChI=1S/C21H26N2O3/c1-23(2)16(13-15-7-10-17(24)11-8-15)9-12-21(25)22-19-14-26-20-6-4-3-5-18(19)20/h3-8,10-11,16,19,24H,9,12-14H2,1-2H3,(H,22,25). The van der Waals surface area contributed by atoms with Crippen molar-refractivity contribution in [1.82, 2.24) is 10.2 Å². The molecule has 2 unspecified atom stereocenters. The van der Waals surface area contributed by atoms with Crippen LogP contribution in [0.4, 0.5) is 0 Å².